The number of anilines is 1. The molecule has 1 amide bonds. The van der Waals surface area contributed by atoms with E-state index in [4.69, 9.17) is 14.2 Å². The summed E-state index contributed by atoms with van der Waals surface area (Å²) < 4.78 is 17.7. The van der Waals surface area contributed by atoms with Gasteiger partial charge in [0.2, 0.25) is 0 Å². The van der Waals surface area contributed by atoms with Gasteiger partial charge in [-0.3, -0.25) is 15.0 Å². The Morgan fingerprint density at radius 3 is 2.70 bits per heavy atom. The molecule has 7 nitrogen and oxygen atoms in total. The van der Waals surface area contributed by atoms with E-state index in [0.29, 0.717) is 10.9 Å². The maximum Gasteiger partial charge on any atom is 0.264 e. The van der Waals surface area contributed by atoms with Crippen LogP contribution in [0.1, 0.15) is 31.9 Å². The van der Waals surface area contributed by atoms with Gasteiger partial charge in [-0.05, 0) is 41.3 Å². The molecule has 0 atom stereocenters. The minimum atomic E-state index is -0.238. The zero-order valence-corrected chi connectivity index (χ0v) is 20.5. The van der Waals surface area contributed by atoms with Crippen molar-refractivity contribution in [2.75, 3.05) is 45.3 Å². The number of methoxy groups -OCH3 is 1. The molecule has 1 saturated heterocycles. The SMILES string of the molecule is COc1ccc(OCC(=O)Nc2nc3ccc(CN4CCOCC4)cc3s2)c(C(C)(C)C)c1. The fraction of sp³-hybridized carbons (Fsp3) is 0.440. The summed E-state index contributed by atoms with van der Waals surface area (Å²) in [5, 5.41) is 3.45. The molecule has 2 heterocycles. The van der Waals surface area contributed by atoms with Gasteiger partial charge in [-0.2, -0.15) is 0 Å². The highest BCUT2D eigenvalue weighted by molar-refractivity contribution is 7.22. The van der Waals surface area contributed by atoms with Crippen molar-refractivity contribution in [1.29, 1.82) is 0 Å². The Balaban J connectivity index is 1.39. The first-order valence-electron chi connectivity index (χ1n) is 11.1. The Morgan fingerprint density at radius 1 is 1.18 bits per heavy atom. The van der Waals surface area contributed by atoms with E-state index in [0.717, 1.165) is 54.4 Å². The van der Waals surface area contributed by atoms with E-state index in [1.54, 1.807) is 7.11 Å². The van der Waals surface area contributed by atoms with Gasteiger partial charge >= 0.3 is 0 Å². The number of aromatic nitrogens is 1. The molecule has 176 valence electrons. The number of thiazole rings is 1. The van der Waals surface area contributed by atoms with E-state index in [-0.39, 0.29) is 17.9 Å². The maximum atomic E-state index is 12.6. The van der Waals surface area contributed by atoms with Crippen molar-refractivity contribution >= 4 is 32.6 Å². The van der Waals surface area contributed by atoms with Gasteiger partial charge in [0, 0.05) is 25.2 Å². The average Bonchev–Trinajstić information content (AvgIpc) is 3.19. The lowest BCUT2D eigenvalue weighted by Crippen LogP contribution is -2.35. The van der Waals surface area contributed by atoms with E-state index < -0.39 is 0 Å². The van der Waals surface area contributed by atoms with Crippen molar-refractivity contribution in [3.05, 3.63) is 47.5 Å². The molecule has 0 spiro atoms. The highest BCUT2D eigenvalue weighted by atomic mass is 32.1. The number of morpholine rings is 1. The van der Waals surface area contributed by atoms with E-state index in [1.807, 2.05) is 24.3 Å². The van der Waals surface area contributed by atoms with Crippen LogP contribution in [0.15, 0.2) is 36.4 Å². The van der Waals surface area contributed by atoms with Gasteiger partial charge in [0.1, 0.15) is 11.5 Å². The molecule has 1 aliphatic heterocycles. The van der Waals surface area contributed by atoms with Crippen LogP contribution in [0, 0.1) is 0 Å². The number of nitrogens with zero attached hydrogens (tertiary/aromatic N) is 2. The third kappa shape index (κ3) is 6.01. The van der Waals surface area contributed by atoms with Crippen LogP contribution in [0.25, 0.3) is 10.2 Å². The van der Waals surface area contributed by atoms with E-state index in [9.17, 15) is 4.79 Å². The molecular weight excluding hydrogens is 438 g/mol. The van der Waals surface area contributed by atoms with Crippen molar-refractivity contribution < 1.29 is 19.0 Å². The number of fused-ring (bicyclic) bond motifs is 1. The van der Waals surface area contributed by atoms with Crippen LogP contribution in [0.3, 0.4) is 0 Å². The molecule has 33 heavy (non-hydrogen) atoms. The molecule has 4 rings (SSSR count). The highest BCUT2D eigenvalue weighted by Gasteiger charge is 2.21. The van der Waals surface area contributed by atoms with Crippen LogP contribution in [0.2, 0.25) is 0 Å². The quantitative estimate of drug-likeness (QED) is 0.551. The molecule has 0 unspecified atom stereocenters. The maximum absolute atomic E-state index is 12.6. The third-order valence-electron chi connectivity index (χ3n) is 5.56. The van der Waals surface area contributed by atoms with Gasteiger partial charge in [0.05, 0.1) is 30.5 Å². The number of ether oxygens (including phenoxy) is 3. The number of hydrogen-bond donors (Lipinski definition) is 1. The van der Waals surface area contributed by atoms with Crippen LogP contribution in [-0.2, 0) is 21.5 Å². The summed E-state index contributed by atoms with van der Waals surface area (Å²) in [5.41, 5.74) is 2.96. The second-order valence-electron chi connectivity index (χ2n) is 9.16. The molecule has 1 fully saturated rings. The summed E-state index contributed by atoms with van der Waals surface area (Å²) in [6.07, 6.45) is 0. The predicted octanol–water partition coefficient (Wildman–Crippen LogP) is 4.45. The van der Waals surface area contributed by atoms with Gasteiger partial charge in [-0.15, -0.1) is 0 Å². The number of benzene rings is 2. The summed E-state index contributed by atoms with van der Waals surface area (Å²) in [6, 6.07) is 11.9. The van der Waals surface area contributed by atoms with Crippen molar-refractivity contribution in [3.8, 4) is 11.5 Å². The van der Waals surface area contributed by atoms with E-state index >= 15 is 0 Å². The molecule has 3 aromatic rings. The van der Waals surface area contributed by atoms with Crippen LogP contribution < -0.4 is 14.8 Å². The van der Waals surface area contributed by atoms with Crippen LogP contribution in [0.4, 0.5) is 5.13 Å². The van der Waals surface area contributed by atoms with Crippen LogP contribution in [-0.4, -0.2) is 55.8 Å². The third-order valence-corrected chi connectivity index (χ3v) is 6.50. The zero-order chi connectivity index (χ0) is 23.4. The van der Waals surface area contributed by atoms with Crippen LogP contribution >= 0.6 is 11.3 Å². The molecule has 1 N–H and O–H groups in total. The van der Waals surface area contributed by atoms with Crippen LogP contribution in [0.5, 0.6) is 11.5 Å². The molecular formula is C25H31N3O4S. The lowest BCUT2D eigenvalue weighted by atomic mass is 9.86. The van der Waals surface area contributed by atoms with Gasteiger partial charge < -0.3 is 14.2 Å². The van der Waals surface area contributed by atoms with Crippen molar-refractivity contribution in [2.24, 2.45) is 0 Å². The molecule has 0 radical (unpaired) electrons. The summed E-state index contributed by atoms with van der Waals surface area (Å²) in [5.74, 6) is 1.20. The number of rotatable bonds is 7. The molecule has 1 aliphatic rings. The Kier molecular flexibility index (Phi) is 7.17. The molecule has 8 heteroatoms. The number of nitrogens with one attached hydrogen (secondary N) is 1. The van der Waals surface area contributed by atoms with Crippen molar-refractivity contribution in [3.63, 3.8) is 0 Å². The fourth-order valence-electron chi connectivity index (χ4n) is 3.79. The number of carbonyl (C=O) groups is 1. The number of hydrogen-bond acceptors (Lipinski definition) is 7. The summed E-state index contributed by atoms with van der Waals surface area (Å²) in [4.78, 5) is 19.5. The summed E-state index contributed by atoms with van der Waals surface area (Å²) >= 11 is 1.48. The minimum Gasteiger partial charge on any atom is -0.497 e. The van der Waals surface area contributed by atoms with Gasteiger partial charge in [-0.1, -0.05) is 38.2 Å². The first-order valence-corrected chi connectivity index (χ1v) is 11.9. The molecule has 0 bridgehead atoms. The lowest BCUT2D eigenvalue weighted by molar-refractivity contribution is -0.118. The summed E-state index contributed by atoms with van der Waals surface area (Å²) in [6.45, 7) is 10.6. The largest absolute Gasteiger partial charge is 0.497 e. The molecule has 0 aliphatic carbocycles. The Bertz CT molecular complexity index is 1120. The minimum absolute atomic E-state index is 0.0897. The predicted molar refractivity (Wildman–Crippen MR) is 132 cm³/mol. The highest BCUT2D eigenvalue weighted by Crippen LogP contribution is 2.34. The van der Waals surface area contributed by atoms with Crippen molar-refractivity contribution in [1.82, 2.24) is 9.88 Å². The smallest absolute Gasteiger partial charge is 0.264 e. The average molecular weight is 470 g/mol. The molecule has 1 aromatic heterocycles. The topological polar surface area (TPSA) is 72.9 Å². The lowest BCUT2D eigenvalue weighted by Gasteiger charge is -2.26. The normalized spacial score (nSPS) is 14.9. The number of carbonyl (C=O) groups excluding carboxylic acids is 1. The second-order valence-corrected chi connectivity index (χ2v) is 10.2. The monoisotopic (exact) mass is 469 g/mol. The Morgan fingerprint density at radius 2 is 1.97 bits per heavy atom. The standard InChI is InChI=1S/C25H31N3O4S/c1-25(2,3)19-14-18(30-4)6-8-21(19)32-16-23(29)27-24-26-20-7-5-17(13-22(20)33-24)15-28-9-11-31-12-10-28/h5-8,13-14H,9-12,15-16H2,1-4H3,(H,26,27,29). The first-order chi connectivity index (χ1) is 15.8. The fourth-order valence-corrected chi connectivity index (χ4v) is 4.73. The second kappa shape index (κ2) is 10.1. The Labute approximate surface area is 198 Å². The van der Waals surface area contributed by atoms with Crippen molar-refractivity contribution in [2.45, 2.75) is 32.7 Å². The van der Waals surface area contributed by atoms with Gasteiger partial charge in [0.15, 0.2) is 11.7 Å². The summed E-state index contributed by atoms with van der Waals surface area (Å²) in [7, 11) is 1.64. The Hall–Kier alpha value is -2.68. The van der Waals surface area contributed by atoms with Gasteiger partial charge in [0.25, 0.3) is 5.91 Å². The first kappa shape index (κ1) is 23.5. The van der Waals surface area contributed by atoms with E-state index in [1.165, 1.54) is 16.9 Å². The molecule has 2 aromatic carbocycles. The number of amides is 1. The van der Waals surface area contributed by atoms with E-state index in [2.05, 4.69) is 48.1 Å². The van der Waals surface area contributed by atoms with Gasteiger partial charge in [-0.25, -0.2) is 4.98 Å². The molecule has 0 saturated carbocycles. The zero-order valence-electron chi connectivity index (χ0n) is 19.6.